The first-order valence-electron chi connectivity index (χ1n) is 10.1. The van der Waals surface area contributed by atoms with Crippen LogP contribution >= 0.6 is 0 Å². The van der Waals surface area contributed by atoms with Crippen molar-refractivity contribution >= 4 is 23.6 Å². The minimum atomic E-state index is -1.04. The van der Waals surface area contributed by atoms with Crippen LogP contribution in [0.15, 0.2) is 18.2 Å². The van der Waals surface area contributed by atoms with Gasteiger partial charge in [0, 0.05) is 19.5 Å². The summed E-state index contributed by atoms with van der Waals surface area (Å²) in [7, 11) is 0. The molecule has 4 amide bonds. The number of likely N-dealkylation sites (tertiary alicyclic amines) is 1. The fraction of sp³-hybridized carbons (Fsp3) is 0.524. The Morgan fingerprint density at radius 3 is 2.45 bits per heavy atom. The molecule has 8 heteroatoms. The van der Waals surface area contributed by atoms with E-state index in [1.807, 2.05) is 0 Å². The van der Waals surface area contributed by atoms with Crippen LogP contribution in [0.2, 0.25) is 0 Å². The molecule has 2 N–H and O–H groups in total. The summed E-state index contributed by atoms with van der Waals surface area (Å²) in [6.07, 6.45) is 2.39. The van der Waals surface area contributed by atoms with Gasteiger partial charge < -0.3 is 10.0 Å². The van der Waals surface area contributed by atoms with Crippen molar-refractivity contribution < 1.29 is 24.3 Å². The number of amides is 4. The number of hydrogen-bond acceptors (Lipinski definition) is 6. The zero-order chi connectivity index (χ0) is 20.8. The zero-order valence-electron chi connectivity index (χ0n) is 16.4. The van der Waals surface area contributed by atoms with Crippen molar-refractivity contribution in [1.29, 1.82) is 0 Å². The fourth-order valence-corrected chi connectivity index (χ4v) is 4.51. The smallest absolute Gasteiger partial charge is 0.262 e. The predicted octanol–water partition coefficient (Wildman–Crippen LogP) is 0.781. The van der Waals surface area contributed by atoms with Crippen LogP contribution in [-0.2, 0) is 15.2 Å². The maximum absolute atomic E-state index is 13.0. The van der Waals surface area contributed by atoms with Gasteiger partial charge in [0.25, 0.3) is 11.8 Å². The van der Waals surface area contributed by atoms with Crippen LogP contribution in [0.25, 0.3) is 0 Å². The normalized spacial score (nSPS) is 24.6. The topological polar surface area (TPSA) is 107 Å². The van der Waals surface area contributed by atoms with Crippen LogP contribution in [0.4, 0.5) is 0 Å². The number of hydrogen-bond donors (Lipinski definition) is 2. The quantitative estimate of drug-likeness (QED) is 0.725. The average Bonchev–Trinajstić information content (AvgIpc) is 2.95. The number of imide groups is 2. The second kappa shape index (κ2) is 7.35. The van der Waals surface area contributed by atoms with E-state index in [1.54, 1.807) is 18.2 Å². The first-order chi connectivity index (χ1) is 13.8. The van der Waals surface area contributed by atoms with Gasteiger partial charge in [0.2, 0.25) is 11.8 Å². The Morgan fingerprint density at radius 1 is 1.10 bits per heavy atom. The molecule has 2 saturated heterocycles. The first kappa shape index (κ1) is 19.7. The monoisotopic (exact) mass is 399 g/mol. The second-order valence-electron chi connectivity index (χ2n) is 8.08. The third kappa shape index (κ3) is 3.36. The van der Waals surface area contributed by atoms with E-state index in [0.717, 1.165) is 31.0 Å². The third-order valence-corrected chi connectivity index (χ3v) is 6.20. The molecular formula is C21H25N3O5. The maximum Gasteiger partial charge on any atom is 0.262 e. The van der Waals surface area contributed by atoms with Crippen molar-refractivity contribution in [1.82, 2.24) is 15.1 Å². The van der Waals surface area contributed by atoms with Gasteiger partial charge in [-0.3, -0.25) is 29.4 Å². The fourth-order valence-electron chi connectivity index (χ4n) is 4.51. The number of fused-ring (bicyclic) bond motifs is 1. The van der Waals surface area contributed by atoms with Crippen molar-refractivity contribution in [2.75, 3.05) is 19.6 Å². The van der Waals surface area contributed by atoms with Crippen LogP contribution in [0.3, 0.4) is 0 Å². The minimum absolute atomic E-state index is 0.0864. The van der Waals surface area contributed by atoms with Gasteiger partial charge in [0.15, 0.2) is 0 Å². The number of rotatable bonds is 4. The lowest BCUT2D eigenvalue weighted by Gasteiger charge is -2.38. The summed E-state index contributed by atoms with van der Waals surface area (Å²) in [5.74, 6) is -2.11. The molecule has 154 valence electrons. The number of aliphatic hydroxyl groups is 1. The van der Waals surface area contributed by atoms with Crippen molar-refractivity contribution in [3.63, 3.8) is 0 Å². The van der Waals surface area contributed by atoms with E-state index in [-0.39, 0.29) is 24.0 Å². The summed E-state index contributed by atoms with van der Waals surface area (Å²) >= 11 is 0. The molecule has 1 unspecified atom stereocenters. The lowest BCUT2D eigenvalue weighted by atomic mass is 9.83. The molecule has 3 aliphatic rings. The van der Waals surface area contributed by atoms with E-state index < -0.39 is 35.3 Å². The summed E-state index contributed by atoms with van der Waals surface area (Å²) in [6, 6.07) is 3.88. The number of piperidine rings is 2. The largest absolute Gasteiger partial charge is 0.385 e. The summed E-state index contributed by atoms with van der Waals surface area (Å²) < 4.78 is 0. The third-order valence-electron chi connectivity index (χ3n) is 6.20. The molecule has 3 heterocycles. The van der Waals surface area contributed by atoms with E-state index >= 15 is 0 Å². The Morgan fingerprint density at radius 2 is 1.79 bits per heavy atom. The minimum Gasteiger partial charge on any atom is -0.385 e. The van der Waals surface area contributed by atoms with E-state index in [0.29, 0.717) is 18.4 Å². The molecular weight excluding hydrogens is 374 g/mol. The molecule has 1 aromatic rings. The van der Waals surface area contributed by atoms with Gasteiger partial charge in [-0.1, -0.05) is 13.0 Å². The second-order valence-corrected chi connectivity index (χ2v) is 8.08. The molecule has 2 fully saturated rings. The number of carbonyl (C=O) groups is 4. The number of nitrogens with one attached hydrogen (secondary N) is 1. The van der Waals surface area contributed by atoms with Crippen LogP contribution in [0.1, 0.15) is 65.3 Å². The molecule has 1 aromatic carbocycles. The molecule has 4 rings (SSSR count). The molecule has 1 atom stereocenters. The van der Waals surface area contributed by atoms with E-state index in [2.05, 4.69) is 17.1 Å². The average molecular weight is 399 g/mol. The van der Waals surface area contributed by atoms with Crippen LogP contribution < -0.4 is 5.32 Å². The Hall–Kier alpha value is -2.58. The maximum atomic E-state index is 13.0. The molecule has 0 bridgehead atoms. The highest BCUT2D eigenvalue weighted by Gasteiger charge is 2.45. The summed E-state index contributed by atoms with van der Waals surface area (Å²) in [5.41, 5.74) is 0.0285. The summed E-state index contributed by atoms with van der Waals surface area (Å²) in [5, 5.41) is 13.3. The van der Waals surface area contributed by atoms with Gasteiger partial charge in [-0.25, -0.2) is 0 Å². The lowest BCUT2D eigenvalue weighted by Crippen LogP contribution is -2.54. The van der Waals surface area contributed by atoms with Gasteiger partial charge in [-0.05, 0) is 49.9 Å². The highest BCUT2D eigenvalue weighted by atomic mass is 16.3. The van der Waals surface area contributed by atoms with Gasteiger partial charge in [-0.15, -0.1) is 0 Å². The van der Waals surface area contributed by atoms with Crippen molar-refractivity contribution in [3.05, 3.63) is 34.9 Å². The zero-order valence-corrected chi connectivity index (χ0v) is 16.4. The summed E-state index contributed by atoms with van der Waals surface area (Å²) in [4.78, 5) is 52.5. The van der Waals surface area contributed by atoms with E-state index in [4.69, 9.17) is 0 Å². The molecule has 29 heavy (non-hydrogen) atoms. The van der Waals surface area contributed by atoms with E-state index in [9.17, 15) is 24.3 Å². The first-order valence-corrected chi connectivity index (χ1v) is 10.1. The highest BCUT2D eigenvalue weighted by Crippen LogP contribution is 2.36. The standard InChI is InChI=1S/C21H25N3O5/c1-2-9-23-10-7-21(29,8-11-23)13-3-4-14-15(12-13)20(28)24(19(14)27)16-5-6-17(25)22-18(16)26/h3-4,12,16,29H,2,5-11H2,1H3,(H,22,25,26). The van der Waals surface area contributed by atoms with Gasteiger partial charge in [0.1, 0.15) is 6.04 Å². The summed E-state index contributed by atoms with van der Waals surface area (Å²) in [6.45, 7) is 4.67. The van der Waals surface area contributed by atoms with E-state index in [1.165, 1.54) is 0 Å². The van der Waals surface area contributed by atoms with Gasteiger partial charge in [0.05, 0.1) is 16.7 Å². The Bertz CT molecular complexity index is 888. The number of benzene rings is 1. The Balaban J connectivity index is 1.58. The van der Waals surface area contributed by atoms with Crippen LogP contribution in [-0.4, -0.2) is 64.2 Å². The number of carbonyl (C=O) groups excluding carboxylic acids is 4. The molecule has 0 aliphatic carbocycles. The molecule has 0 radical (unpaired) electrons. The van der Waals surface area contributed by atoms with Crippen LogP contribution in [0.5, 0.6) is 0 Å². The Labute approximate surface area is 168 Å². The SMILES string of the molecule is CCCN1CCC(O)(c2ccc3c(c2)C(=O)N(C2CCC(=O)NC2=O)C3=O)CC1. The molecule has 8 nitrogen and oxygen atoms in total. The molecule has 0 aromatic heterocycles. The molecule has 3 aliphatic heterocycles. The van der Waals surface area contributed by atoms with Gasteiger partial charge >= 0.3 is 0 Å². The van der Waals surface area contributed by atoms with Gasteiger partial charge in [-0.2, -0.15) is 0 Å². The van der Waals surface area contributed by atoms with Crippen LogP contribution in [0, 0.1) is 0 Å². The van der Waals surface area contributed by atoms with Crippen molar-refractivity contribution in [2.45, 2.75) is 50.7 Å². The molecule has 0 spiro atoms. The van der Waals surface area contributed by atoms with Crippen molar-refractivity contribution in [3.8, 4) is 0 Å². The Kier molecular flexibility index (Phi) is 5.00. The lowest BCUT2D eigenvalue weighted by molar-refractivity contribution is -0.136. The number of nitrogens with zero attached hydrogens (tertiary/aromatic N) is 2. The predicted molar refractivity (Wildman–Crippen MR) is 103 cm³/mol. The highest BCUT2D eigenvalue weighted by molar-refractivity contribution is 6.23. The molecule has 0 saturated carbocycles. The van der Waals surface area contributed by atoms with Crippen molar-refractivity contribution in [2.24, 2.45) is 0 Å².